The Morgan fingerprint density at radius 2 is 1.77 bits per heavy atom. The minimum atomic E-state index is -0.458. The van der Waals surface area contributed by atoms with Gasteiger partial charge in [0.2, 0.25) is 0 Å². The molecule has 0 bridgehead atoms. The highest BCUT2D eigenvalue weighted by molar-refractivity contribution is 5.87. The van der Waals surface area contributed by atoms with Crippen LogP contribution in [0, 0.1) is 52.3 Å². The van der Waals surface area contributed by atoms with Crippen LogP contribution in [-0.4, -0.2) is 30.1 Å². The molecule has 0 N–H and O–H groups in total. The van der Waals surface area contributed by atoms with Crippen LogP contribution < -0.4 is 0 Å². The van der Waals surface area contributed by atoms with E-state index in [1.165, 1.54) is 12.8 Å². The Labute approximate surface area is 187 Å². The van der Waals surface area contributed by atoms with Crippen molar-refractivity contribution in [2.45, 2.75) is 97.4 Å². The molecule has 4 saturated carbocycles. The molecule has 2 aliphatic heterocycles. The first kappa shape index (κ1) is 20.8. The molecule has 2 heterocycles. The highest BCUT2D eigenvalue weighted by Crippen LogP contribution is 2.70. The standard InChI is InChI=1S/C27H40O4/c1-15-7-10-27(30-14-15)16(2)24-22(31-27)12-21-19-6-5-17-11-18(28)8-9-25(17,3)20(19)13-23(29)26(21,24)4/h15-17,19-22,24H,5-14H2,1-4H3/t15-,16-,17-,19+,20-,21+,22-,24-,25-,26+,27+/m0/s1. The minimum Gasteiger partial charge on any atom is -0.349 e. The molecule has 0 amide bonds. The molecule has 0 radical (unpaired) electrons. The Hall–Kier alpha value is -0.740. The van der Waals surface area contributed by atoms with Gasteiger partial charge >= 0.3 is 0 Å². The molecule has 172 valence electrons. The second-order valence-electron chi connectivity index (χ2n) is 12.8. The van der Waals surface area contributed by atoms with E-state index in [0.29, 0.717) is 41.2 Å². The maximum absolute atomic E-state index is 14.0. The Bertz CT molecular complexity index is 797. The van der Waals surface area contributed by atoms with Crippen molar-refractivity contribution in [3.8, 4) is 0 Å². The predicted octanol–water partition coefficient (Wildman–Crippen LogP) is 5.18. The van der Waals surface area contributed by atoms with Crippen LogP contribution in [-0.2, 0) is 19.1 Å². The van der Waals surface area contributed by atoms with E-state index in [4.69, 9.17) is 9.47 Å². The molecule has 6 fully saturated rings. The number of Topliss-reactive ketones (excluding diaryl/α,β-unsaturated/α-hetero) is 2. The van der Waals surface area contributed by atoms with Crippen LogP contribution in [0.15, 0.2) is 0 Å². The number of rotatable bonds is 0. The second-order valence-corrected chi connectivity index (χ2v) is 12.8. The zero-order valence-electron chi connectivity index (χ0n) is 19.8. The van der Waals surface area contributed by atoms with Gasteiger partial charge in [0, 0.05) is 42.9 Å². The molecule has 4 nitrogen and oxygen atoms in total. The number of carbonyl (C=O) groups excluding carboxylic acids is 2. The van der Waals surface area contributed by atoms with Crippen molar-refractivity contribution < 1.29 is 19.1 Å². The van der Waals surface area contributed by atoms with Gasteiger partial charge in [-0.25, -0.2) is 0 Å². The fourth-order valence-electron chi connectivity index (χ4n) is 9.74. The maximum Gasteiger partial charge on any atom is 0.171 e. The lowest BCUT2D eigenvalue weighted by Crippen LogP contribution is -2.58. The van der Waals surface area contributed by atoms with Crippen molar-refractivity contribution in [3.63, 3.8) is 0 Å². The van der Waals surface area contributed by atoms with Crippen molar-refractivity contribution in [1.29, 1.82) is 0 Å². The maximum atomic E-state index is 14.0. The van der Waals surface area contributed by atoms with E-state index in [0.717, 1.165) is 51.6 Å². The molecule has 6 aliphatic rings. The zero-order valence-corrected chi connectivity index (χ0v) is 19.8. The summed E-state index contributed by atoms with van der Waals surface area (Å²) < 4.78 is 13.2. The average molecular weight is 429 g/mol. The van der Waals surface area contributed by atoms with E-state index < -0.39 is 5.79 Å². The summed E-state index contributed by atoms with van der Waals surface area (Å²) in [4.78, 5) is 26.1. The van der Waals surface area contributed by atoms with Crippen LogP contribution in [0.5, 0.6) is 0 Å². The van der Waals surface area contributed by atoms with Gasteiger partial charge in [0.1, 0.15) is 11.6 Å². The molecule has 0 unspecified atom stereocenters. The van der Waals surface area contributed by atoms with Gasteiger partial charge in [0.25, 0.3) is 0 Å². The van der Waals surface area contributed by atoms with Gasteiger partial charge < -0.3 is 9.47 Å². The van der Waals surface area contributed by atoms with Gasteiger partial charge in [0.05, 0.1) is 12.7 Å². The summed E-state index contributed by atoms with van der Waals surface area (Å²) in [7, 11) is 0. The van der Waals surface area contributed by atoms with Crippen LogP contribution in [0.3, 0.4) is 0 Å². The van der Waals surface area contributed by atoms with Crippen molar-refractivity contribution in [2.24, 2.45) is 52.3 Å². The molecule has 0 aromatic rings. The summed E-state index contributed by atoms with van der Waals surface area (Å²) in [6.45, 7) is 10.0. The lowest BCUT2D eigenvalue weighted by molar-refractivity contribution is -0.272. The summed E-state index contributed by atoms with van der Waals surface area (Å²) in [5.74, 6) is 3.63. The van der Waals surface area contributed by atoms with E-state index >= 15 is 0 Å². The van der Waals surface area contributed by atoms with Gasteiger partial charge in [-0.05, 0) is 67.1 Å². The van der Waals surface area contributed by atoms with Gasteiger partial charge in [-0.2, -0.15) is 0 Å². The van der Waals surface area contributed by atoms with Crippen LogP contribution in [0.25, 0.3) is 0 Å². The molecule has 0 aromatic heterocycles. The van der Waals surface area contributed by atoms with Crippen LogP contribution in [0.2, 0.25) is 0 Å². The highest BCUT2D eigenvalue weighted by Gasteiger charge is 2.71. The molecular weight excluding hydrogens is 388 g/mol. The van der Waals surface area contributed by atoms with E-state index in [2.05, 4.69) is 27.7 Å². The molecule has 4 heteroatoms. The quantitative estimate of drug-likeness (QED) is 0.533. The number of hydrogen-bond acceptors (Lipinski definition) is 4. The van der Waals surface area contributed by atoms with E-state index in [1.54, 1.807) is 0 Å². The summed E-state index contributed by atoms with van der Waals surface area (Å²) in [6.07, 6.45) is 8.86. The topological polar surface area (TPSA) is 52.6 Å². The normalized spacial score (nSPS) is 58.6. The molecule has 31 heavy (non-hydrogen) atoms. The van der Waals surface area contributed by atoms with Crippen LogP contribution in [0.1, 0.15) is 85.5 Å². The van der Waals surface area contributed by atoms with E-state index in [-0.39, 0.29) is 28.8 Å². The Morgan fingerprint density at radius 3 is 2.52 bits per heavy atom. The zero-order chi connectivity index (χ0) is 21.8. The Balaban J connectivity index is 1.31. The third kappa shape index (κ3) is 2.61. The number of ether oxygens (including phenoxy) is 2. The smallest absolute Gasteiger partial charge is 0.171 e. The van der Waals surface area contributed by atoms with Gasteiger partial charge in [-0.15, -0.1) is 0 Å². The summed E-state index contributed by atoms with van der Waals surface area (Å²) in [5, 5.41) is 0. The monoisotopic (exact) mass is 428 g/mol. The van der Waals surface area contributed by atoms with E-state index in [9.17, 15) is 9.59 Å². The van der Waals surface area contributed by atoms with Crippen molar-refractivity contribution in [2.75, 3.05) is 6.61 Å². The molecular formula is C27H40O4. The molecule has 0 aromatic carbocycles. The van der Waals surface area contributed by atoms with Gasteiger partial charge in [0.15, 0.2) is 5.79 Å². The largest absolute Gasteiger partial charge is 0.349 e. The first-order chi connectivity index (χ1) is 14.7. The first-order valence-electron chi connectivity index (χ1n) is 13.1. The van der Waals surface area contributed by atoms with Crippen LogP contribution >= 0.6 is 0 Å². The molecule has 2 saturated heterocycles. The van der Waals surface area contributed by atoms with Crippen molar-refractivity contribution in [3.05, 3.63) is 0 Å². The predicted molar refractivity (Wildman–Crippen MR) is 117 cm³/mol. The molecule has 1 spiro atoms. The third-order valence-corrected chi connectivity index (χ3v) is 11.6. The number of ketones is 2. The van der Waals surface area contributed by atoms with Gasteiger partial charge in [-0.3, -0.25) is 9.59 Å². The minimum absolute atomic E-state index is 0.166. The van der Waals surface area contributed by atoms with Crippen molar-refractivity contribution in [1.82, 2.24) is 0 Å². The first-order valence-corrected chi connectivity index (χ1v) is 13.1. The van der Waals surface area contributed by atoms with Crippen molar-refractivity contribution >= 4 is 11.6 Å². The molecule has 4 aliphatic carbocycles. The fraction of sp³-hybridized carbons (Fsp3) is 0.926. The summed E-state index contributed by atoms with van der Waals surface area (Å²) in [5.41, 5.74) is -0.101. The third-order valence-electron chi connectivity index (χ3n) is 11.6. The summed E-state index contributed by atoms with van der Waals surface area (Å²) in [6, 6.07) is 0. The van der Waals surface area contributed by atoms with E-state index in [1.807, 2.05) is 0 Å². The fourth-order valence-corrected chi connectivity index (χ4v) is 9.74. The average Bonchev–Trinajstić information content (AvgIpc) is 3.18. The lowest BCUT2D eigenvalue weighted by atomic mass is 9.44. The van der Waals surface area contributed by atoms with Gasteiger partial charge in [-0.1, -0.05) is 27.7 Å². The Morgan fingerprint density at radius 1 is 0.968 bits per heavy atom. The number of fused-ring (bicyclic) bond motifs is 7. The molecule has 6 rings (SSSR count). The number of hydrogen-bond donors (Lipinski definition) is 0. The molecule has 11 atom stereocenters. The highest BCUT2D eigenvalue weighted by atomic mass is 16.7. The lowest BCUT2D eigenvalue weighted by Gasteiger charge is -2.59. The van der Waals surface area contributed by atoms with Crippen LogP contribution in [0.4, 0.5) is 0 Å². The second kappa shape index (κ2) is 6.65. The number of carbonyl (C=O) groups is 2. The SMILES string of the molecule is C[C@H]1CC[C@@]2(OC1)O[C@H]1C[C@@H]3[C@@H]4CC[C@H]5CC(=O)CC[C@]5(C)[C@H]4CC(=O)[C@]3(C)[C@H]1[C@@H]2C. The summed E-state index contributed by atoms with van der Waals surface area (Å²) >= 11 is 0. The Kier molecular flexibility index (Phi) is 4.47.